The van der Waals surface area contributed by atoms with Crippen molar-refractivity contribution in [1.29, 1.82) is 0 Å². The monoisotopic (exact) mass is 424 g/mol. The average molecular weight is 424 g/mol. The molecule has 1 atom stereocenters. The molecule has 0 saturated carbocycles. The normalized spacial score (nSPS) is 18.5. The van der Waals surface area contributed by atoms with Crippen molar-refractivity contribution in [3.8, 4) is 0 Å². The summed E-state index contributed by atoms with van der Waals surface area (Å²) < 4.78 is 6.40. The van der Waals surface area contributed by atoms with Crippen LogP contribution in [-0.2, 0) is 37.4 Å². The number of benzene rings is 1. The van der Waals surface area contributed by atoms with Gasteiger partial charge in [0.15, 0.2) is 0 Å². The van der Waals surface area contributed by atoms with Gasteiger partial charge in [-0.25, -0.2) is 4.79 Å². The van der Waals surface area contributed by atoms with Gasteiger partial charge >= 0.3 is 11.7 Å². The van der Waals surface area contributed by atoms with Gasteiger partial charge in [-0.15, -0.1) is 0 Å². The summed E-state index contributed by atoms with van der Waals surface area (Å²) in [5.41, 5.74) is 8.42. The first-order valence-electron chi connectivity index (χ1n) is 10.0. The molecule has 0 N–H and O–H groups in total. The fraction of sp³-hybridized carbons (Fsp3) is 0.409. The van der Waals surface area contributed by atoms with Crippen LogP contribution in [0.25, 0.3) is 16.4 Å². The molecule has 1 aromatic heterocycles. The maximum absolute atomic E-state index is 13.3. The summed E-state index contributed by atoms with van der Waals surface area (Å²) in [5, 5.41) is 0.918. The smallest absolute Gasteiger partial charge is 0.442 e. The zero-order valence-corrected chi connectivity index (χ0v) is 17.8. The van der Waals surface area contributed by atoms with Gasteiger partial charge in [0.05, 0.1) is 13.5 Å². The molecule has 9 nitrogen and oxygen atoms in total. The third-order valence-electron chi connectivity index (χ3n) is 5.99. The molecule has 1 fully saturated rings. The van der Waals surface area contributed by atoms with E-state index in [4.69, 9.17) is 5.53 Å². The molecular formula is C22H24N4O5. The number of carbonyl (C=O) groups excluding carboxylic acids is 4. The summed E-state index contributed by atoms with van der Waals surface area (Å²) >= 11 is 0. The minimum absolute atomic E-state index is 0.000966. The average Bonchev–Trinajstić information content (AvgIpc) is 3.09. The van der Waals surface area contributed by atoms with Gasteiger partial charge in [-0.05, 0) is 30.9 Å². The number of aryl methyl sites for hydroxylation is 1. The van der Waals surface area contributed by atoms with E-state index < -0.39 is 34.7 Å². The van der Waals surface area contributed by atoms with Crippen molar-refractivity contribution in [2.24, 2.45) is 12.5 Å². The number of hydrogen-bond donors (Lipinski definition) is 0. The lowest BCUT2D eigenvalue weighted by molar-refractivity contribution is -0.159. The number of methoxy groups -OCH3 is 1. The third-order valence-corrected chi connectivity index (χ3v) is 5.99. The Hall–Kier alpha value is -3.58. The number of piperidine rings is 1. The number of nitrogens with zero attached hydrogens (tertiary/aromatic N) is 4. The fourth-order valence-corrected chi connectivity index (χ4v) is 4.27. The zero-order valence-electron chi connectivity index (χ0n) is 17.8. The highest BCUT2D eigenvalue weighted by Gasteiger charge is 2.55. The minimum atomic E-state index is -1.65. The van der Waals surface area contributed by atoms with Crippen LogP contribution in [0.5, 0.6) is 0 Å². The molecule has 162 valence electrons. The van der Waals surface area contributed by atoms with Crippen LogP contribution in [0, 0.1) is 5.41 Å². The number of amides is 2. The summed E-state index contributed by atoms with van der Waals surface area (Å²) in [6, 6.07) is 7.64. The van der Waals surface area contributed by atoms with Crippen LogP contribution < -0.4 is 0 Å². The van der Waals surface area contributed by atoms with Crippen LogP contribution in [0.4, 0.5) is 0 Å². The van der Waals surface area contributed by atoms with E-state index in [1.54, 1.807) is 6.92 Å². The Kier molecular flexibility index (Phi) is 6.17. The van der Waals surface area contributed by atoms with Gasteiger partial charge in [0.2, 0.25) is 11.8 Å². The highest BCUT2D eigenvalue weighted by molar-refractivity contribution is 6.64. The summed E-state index contributed by atoms with van der Waals surface area (Å²) in [6.07, 6.45) is 2.45. The fourth-order valence-electron chi connectivity index (χ4n) is 4.27. The van der Waals surface area contributed by atoms with Gasteiger partial charge in [0, 0.05) is 30.7 Å². The SMILES string of the molecule is CC[C@]1(C(=O)C(=[N+]=[N-])C(=O)OC)CCCN(C(=O)Cc2cn(C)c3ccccc23)C1=O. The highest BCUT2D eigenvalue weighted by Crippen LogP contribution is 2.36. The van der Waals surface area contributed by atoms with Crippen molar-refractivity contribution in [2.75, 3.05) is 13.7 Å². The number of Topliss-reactive ketones (excluding diaryl/α,β-unsaturated/α-hetero) is 1. The van der Waals surface area contributed by atoms with E-state index in [-0.39, 0.29) is 25.8 Å². The van der Waals surface area contributed by atoms with E-state index in [2.05, 4.69) is 9.53 Å². The first kappa shape index (κ1) is 22.1. The van der Waals surface area contributed by atoms with Crippen molar-refractivity contribution in [1.82, 2.24) is 9.47 Å². The zero-order chi connectivity index (χ0) is 22.8. The van der Waals surface area contributed by atoms with E-state index in [0.29, 0.717) is 6.42 Å². The first-order valence-corrected chi connectivity index (χ1v) is 10.0. The van der Waals surface area contributed by atoms with Crippen LogP contribution in [-0.4, -0.2) is 57.2 Å². The Bertz CT molecular complexity index is 1130. The number of ketones is 1. The van der Waals surface area contributed by atoms with Crippen LogP contribution in [0.3, 0.4) is 0 Å². The molecule has 1 aliphatic heterocycles. The Labute approximate surface area is 179 Å². The molecule has 1 saturated heterocycles. The van der Waals surface area contributed by atoms with Crippen molar-refractivity contribution >= 4 is 40.2 Å². The number of para-hydroxylation sites is 1. The molecule has 0 bridgehead atoms. The largest absolute Gasteiger partial charge is 0.460 e. The lowest BCUT2D eigenvalue weighted by atomic mass is 9.71. The number of fused-ring (bicyclic) bond motifs is 1. The maximum atomic E-state index is 13.3. The number of likely N-dealkylation sites (tertiary alicyclic amines) is 1. The van der Waals surface area contributed by atoms with E-state index in [0.717, 1.165) is 28.5 Å². The first-order chi connectivity index (χ1) is 14.8. The Balaban J connectivity index is 1.91. The number of esters is 1. The van der Waals surface area contributed by atoms with Gasteiger partial charge in [-0.2, -0.15) is 4.79 Å². The number of ether oxygens (including phenoxy) is 1. The Morgan fingerprint density at radius 2 is 1.97 bits per heavy atom. The predicted octanol–water partition coefficient (Wildman–Crippen LogP) is 1.68. The number of hydrogen-bond acceptors (Lipinski definition) is 5. The molecule has 3 rings (SSSR count). The second kappa shape index (κ2) is 8.65. The van der Waals surface area contributed by atoms with E-state index in [9.17, 15) is 19.2 Å². The summed E-state index contributed by atoms with van der Waals surface area (Å²) in [6.45, 7) is 1.81. The molecule has 2 heterocycles. The van der Waals surface area contributed by atoms with Crippen LogP contribution in [0.2, 0.25) is 0 Å². The van der Waals surface area contributed by atoms with E-state index >= 15 is 0 Å². The van der Waals surface area contributed by atoms with E-state index in [1.165, 1.54) is 0 Å². The topological polar surface area (TPSA) is 122 Å². The van der Waals surface area contributed by atoms with Crippen LogP contribution in [0.1, 0.15) is 31.7 Å². The van der Waals surface area contributed by atoms with Gasteiger partial charge in [-0.3, -0.25) is 19.3 Å². The lowest BCUT2D eigenvalue weighted by Crippen LogP contribution is -2.57. The van der Waals surface area contributed by atoms with Crippen LogP contribution in [0.15, 0.2) is 30.5 Å². The summed E-state index contributed by atoms with van der Waals surface area (Å²) in [5.74, 6) is -3.17. The molecule has 1 aliphatic rings. The molecular weight excluding hydrogens is 400 g/mol. The van der Waals surface area contributed by atoms with Crippen molar-refractivity contribution in [3.63, 3.8) is 0 Å². The Morgan fingerprint density at radius 3 is 2.61 bits per heavy atom. The molecule has 2 amide bonds. The second-order valence-corrected chi connectivity index (χ2v) is 7.62. The molecule has 0 unspecified atom stereocenters. The number of aromatic nitrogens is 1. The molecule has 31 heavy (non-hydrogen) atoms. The van der Waals surface area contributed by atoms with Gasteiger partial charge < -0.3 is 14.8 Å². The van der Waals surface area contributed by atoms with Crippen molar-refractivity contribution < 1.29 is 28.7 Å². The minimum Gasteiger partial charge on any atom is -0.460 e. The molecule has 1 aromatic carbocycles. The third kappa shape index (κ3) is 3.68. The summed E-state index contributed by atoms with van der Waals surface area (Å²) in [7, 11) is 2.92. The summed E-state index contributed by atoms with van der Waals surface area (Å²) in [4.78, 5) is 55.2. The predicted molar refractivity (Wildman–Crippen MR) is 111 cm³/mol. The number of rotatable bonds is 6. The maximum Gasteiger partial charge on any atom is 0.442 e. The van der Waals surface area contributed by atoms with Gasteiger partial charge in [-0.1, -0.05) is 25.1 Å². The quantitative estimate of drug-likeness (QED) is 0.230. The number of imide groups is 1. The number of carbonyl (C=O) groups is 4. The van der Waals surface area contributed by atoms with E-state index in [1.807, 2.05) is 42.1 Å². The Morgan fingerprint density at radius 1 is 1.26 bits per heavy atom. The lowest BCUT2D eigenvalue weighted by Gasteiger charge is -2.38. The van der Waals surface area contributed by atoms with Crippen molar-refractivity contribution in [3.05, 3.63) is 41.6 Å². The molecule has 0 radical (unpaired) electrons. The molecule has 0 aliphatic carbocycles. The van der Waals surface area contributed by atoms with Crippen LogP contribution >= 0.6 is 0 Å². The van der Waals surface area contributed by atoms with Gasteiger partial charge in [0.1, 0.15) is 5.41 Å². The highest BCUT2D eigenvalue weighted by atomic mass is 16.5. The standard InChI is InChI=1S/C22H24N4O5/c1-4-22(19(28)18(24-23)20(29)31-3)10-7-11-26(21(22)30)17(27)12-14-13-25(2)16-9-6-5-8-15(14)16/h5-6,8-9,13H,4,7,10-12H2,1-3H3/t22-/m1/s1. The van der Waals surface area contributed by atoms with Gasteiger partial charge in [0.25, 0.3) is 5.78 Å². The van der Waals surface area contributed by atoms with Crippen molar-refractivity contribution in [2.45, 2.75) is 32.6 Å². The second-order valence-electron chi connectivity index (χ2n) is 7.62. The molecule has 0 spiro atoms. The molecule has 9 heteroatoms. The molecule has 2 aromatic rings.